The van der Waals surface area contributed by atoms with Crippen LogP contribution in [-0.2, 0) is 5.41 Å². The largest absolute Gasteiger partial charge is 0.351 e. The first kappa shape index (κ1) is 16.6. The van der Waals surface area contributed by atoms with Crippen LogP contribution < -0.4 is 5.32 Å². The summed E-state index contributed by atoms with van der Waals surface area (Å²) < 4.78 is 0. The van der Waals surface area contributed by atoms with E-state index in [1.54, 1.807) is 0 Å². The molecule has 1 atom stereocenters. The summed E-state index contributed by atoms with van der Waals surface area (Å²) in [7, 11) is 4.02. The van der Waals surface area contributed by atoms with Crippen LogP contribution in [0.4, 0.5) is 0 Å². The van der Waals surface area contributed by atoms with E-state index in [1.807, 2.05) is 20.2 Å². The average Bonchev–Trinajstić information content (AvgIpc) is 2.86. The molecule has 0 aliphatic rings. The van der Waals surface area contributed by atoms with Crippen molar-refractivity contribution in [2.45, 2.75) is 39.2 Å². The van der Waals surface area contributed by atoms with Gasteiger partial charge in [0, 0.05) is 23.5 Å². The number of nitrogens with one attached hydrogen (secondary N) is 2. The van der Waals surface area contributed by atoms with Crippen LogP contribution in [0.5, 0.6) is 0 Å². The van der Waals surface area contributed by atoms with Gasteiger partial charge in [-0.2, -0.15) is 0 Å². The molecule has 0 saturated carbocycles. The number of carbonyl (C=O) groups is 1. The highest BCUT2D eigenvalue weighted by atomic mass is 16.1. The molecular weight excluding hydrogens is 274 g/mol. The first-order valence-corrected chi connectivity index (χ1v) is 7.76. The van der Waals surface area contributed by atoms with Crippen molar-refractivity contribution in [3.8, 4) is 0 Å². The number of benzene rings is 1. The summed E-state index contributed by atoms with van der Waals surface area (Å²) in [5.74, 6) is -0.0535. The van der Waals surface area contributed by atoms with Crippen molar-refractivity contribution in [3.63, 3.8) is 0 Å². The highest BCUT2D eigenvalue weighted by Gasteiger charge is 2.16. The third kappa shape index (κ3) is 3.69. The lowest BCUT2D eigenvalue weighted by molar-refractivity contribution is 0.0939. The van der Waals surface area contributed by atoms with Gasteiger partial charge in [0.1, 0.15) is 5.69 Å². The quantitative estimate of drug-likeness (QED) is 0.911. The van der Waals surface area contributed by atoms with E-state index in [2.05, 4.69) is 61.1 Å². The summed E-state index contributed by atoms with van der Waals surface area (Å²) in [4.78, 5) is 17.6. The molecule has 1 heterocycles. The van der Waals surface area contributed by atoms with Crippen molar-refractivity contribution in [1.82, 2.24) is 15.2 Å². The highest BCUT2D eigenvalue weighted by molar-refractivity contribution is 5.98. The van der Waals surface area contributed by atoms with Crippen LogP contribution in [0.2, 0.25) is 0 Å². The molecule has 0 spiro atoms. The van der Waals surface area contributed by atoms with Gasteiger partial charge in [0.15, 0.2) is 0 Å². The molecule has 0 aliphatic carbocycles. The zero-order chi connectivity index (χ0) is 16.5. The molecule has 0 unspecified atom stereocenters. The minimum Gasteiger partial charge on any atom is -0.351 e. The first-order chi connectivity index (χ1) is 10.2. The second-order valence-electron chi connectivity index (χ2n) is 7.26. The van der Waals surface area contributed by atoms with Crippen LogP contribution in [0.1, 0.15) is 43.7 Å². The van der Waals surface area contributed by atoms with Crippen molar-refractivity contribution in [3.05, 3.63) is 35.5 Å². The lowest BCUT2D eigenvalue weighted by Gasteiger charge is -2.19. The van der Waals surface area contributed by atoms with E-state index in [4.69, 9.17) is 0 Å². The van der Waals surface area contributed by atoms with Crippen molar-refractivity contribution < 1.29 is 4.79 Å². The molecule has 120 valence electrons. The van der Waals surface area contributed by atoms with E-state index in [-0.39, 0.29) is 11.3 Å². The van der Waals surface area contributed by atoms with Gasteiger partial charge in [0.25, 0.3) is 5.91 Å². The molecule has 4 nitrogen and oxygen atoms in total. The average molecular weight is 301 g/mol. The predicted octanol–water partition coefficient (Wildman–Crippen LogP) is 3.15. The Morgan fingerprint density at radius 1 is 1.27 bits per heavy atom. The number of aromatic nitrogens is 1. The number of hydrogen-bond acceptors (Lipinski definition) is 2. The Morgan fingerprint density at radius 3 is 2.55 bits per heavy atom. The summed E-state index contributed by atoms with van der Waals surface area (Å²) in [6.45, 7) is 9.28. The van der Waals surface area contributed by atoms with Gasteiger partial charge in [-0.05, 0) is 44.1 Å². The Hall–Kier alpha value is -1.81. The lowest BCUT2D eigenvalue weighted by Crippen LogP contribution is -2.38. The summed E-state index contributed by atoms with van der Waals surface area (Å²) in [6.07, 6.45) is 0. The van der Waals surface area contributed by atoms with Gasteiger partial charge >= 0.3 is 0 Å². The Balaban J connectivity index is 2.17. The SMILES string of the molecule is C[C@H](CNC(=O)c1cc2ccc(C(C)(C)C)cc2[nH]1)N(C)C. The minimum absolute atomic E-state index is 0.0535. The zero-order valence-electron chi connectivity index (χ0n) is 14.4. The summed E-state index contributed by atoms with van der Waals surface area (Å²) >= 11 is 0. The third-order valence-corrected chi connectivity index (χ3v) is 4.17. The van der Waals surface area contributed by atoms with E-state index in [9.17, 15) is 4.79 Å². The summed E-state index contributed by atoms with van der Waals surface area (Å²) in [5.41, 5.74) is 2.99. The maximum atomic E-state index is 12.3. The fraction of sp³-hybridized carbons (Fsp3) is 0.500. The number of amides is 1. The molecule has 2 N–H and O–H groups in total. The topological polar surface area (TPSA) is 48.1 Å². The maximum absolute atomic E-state index is 12.3. The zero-order valence-corrected chi connectivity index (χ0v) is 14.4. The van der Waals surface area contributed by atoms with E-state index in [1.165, 1.54) is 5.56 Å². The predicted molar refractivity (Wildman–Crippen MR) is 92.5 cm³/mol. The summed E-state index contributed by atoms with van der Waals surface area (Å²) in [5, 5.41) is 4.04. The van der Waals surface area contributed by atoms with Gasteiger partial charge in [-0.3, -0.25) is 4.79 Å². The Labute approximate surface area is 132 Å². The number of fused-ring (bicyclic) bond motifs is 1. The van der Waals surface area contributed by atoms with Crippen LogP contribution in [0, 0.1) is 0 Å². The molecule has 0 fully saturated rings. The van der Waals surface area contributed by atoms with E-state index < -0.39 is 0 Å². The molecule has 4 heteroatoms. The van der Waals surface area contributed by atoms with Crippen LogP contribution in [-0.4, -0.2) is 42.5 Å². The molecule has 1 amide bonds. The number of H-pyrrole nitrogens is 1. The number of hydrogen-bond donors (Lipinski definition) is 2. The number of carbonyl (C=O) groups excluding carboxylic acids is 1. The van der Waals surface area contributed by atoms with Crippen LogP contribution in [0.15, 0.2) is 24.3 Å². The normalized spacial score (nSPS) is 13.6. The van der Waals surface area contributed by atoms with E-state index >= 15 is 0 Å². The molecule has 0 bridgehead atoms. The van der Waals surface area contributed by atoms with Gasteiger partial charge in [-0.1, -0.05) is 32.9 Å². The van der Waals surface area contributed by atoms with Crippen LogP contribution in [0.3, 0.4) is 0 Å². The van der Waals surface area contributed by atoms with Crippen LogP contribution in [0.25, 0.3) is 10.9 Å². The summed E-state index contributed by atoms with van der Waals surface area (Å²) in [6, 6.07) is 8.56. The maximum Gasteiger partial charge on any atom is 0.267 e. The van der Waals surface area contributed by atoms with Gasteiger partial charge in [0.2, 0.25) is 0 Å². The van der Waals surface area contributed by atoms with Crippen molar-refractivity contribution in [2.75, 3.05) is 20.6 Å². The Kier molecular flexibility index (Phi) is 4.61. The second kappa shape index (κ2) is 6.13. The molecule has 2 aromatic rings. The molecule has 1 aromatic carbocycles. The fourth-order valence-corrected chi connectivity index (χ4v) is 2.23. The molecular formula is C18H27N3O. The Bertz CT molecular complexity index is 665. The monoisotopic (exact) mass is 301 g/mol. The Morgan fingerprint density at radius 2 is 1.95 bits per heavy atom. The van der Waals surface area contributed by atoms with Crippen molar-refractivity contribution in [1.29, 1.82) is 0 Å². The number of rotatable bonds is 4. The molecule has 1 aromatic heterocycles. The minimum atomic E-state index is -0.0535. The van der Waals surface area contributed by atoms with Crippen LogP contribution >= 0.6 is 0 Å². The van der Waals surface area contributed by atoms with Gasteiger partial charge in [0.05, 0.1) is 0 Å². The molecule has 22 heavy (non-hydrogen) atoms. The molecule has 0 radical (unpaired) electrons. The highest BCUT2D eigenvalue weighted by Crippen LogP contribution is 2.26. The van der Waals surface area contributed by atoms with Gasteiger partial charge in [-0.25, -0.2) is 0 Å². The first-order valence-electron chi connectivity index (χ1n) is 7.76. The standard InChI is InChI=1S/C18H27N3O/c1-12(21(5)6)11-19-17(22)16-9-13-7-8-14(18(2,3)4)10-15(13)20-16/h7-10,12,20H,11H2,1-6H3,(H,19,22)/t12-/m1/s1. The van der Waals surface area contributed by atoms with Gasteiger partial charge < -0.3 is 15.2 Å². The fourth-order valence-electron chi connectivity index (χ4n) is 2.23. The van der Waals surface area contributed by atoms with Crippen molar-refractivity contribution in [2.24, 2.45) is 0 Å². The molecule has 0 saturated heterocycles. The van der Waals surface area contributed by atoms with Crippen molar-refractivity contribution >= 4 is 16.8 Å². The smallest absolute Gasteiger partial charge is 0.267 e. The number of nitrogens with zero attached hydrogens (tertiary/aromatic N) is 1. The lowest BCUT2D eigenvalue weighted by atomic mass is 9.87. The van der Waals surface area contributed by atoms with E-state index in [0.29, 0.717) is 18.3 Å². The third-order valence-electron chi connectivity index (χ3n) is 4.17. The van der Waals surface area contributed by atoms with E-state index in [0.717, 1.165) is 10.9 Å². The number of aromatic amines is 1. The number of likely N-dealkylation sites (N-methyl/N-ethyl adjacent to an activating group) is 1. The molecule has 0 aliphatic heterocycles. The molecule has 2 rings (SSSR count). The van der Waals surface area contributed by atoms with Gasteiger partial charge in [-0.15, -0.1) is 0 Å². The second-order valence-corrected chi connectivity index (χ2v) is 7.26.